The van der Waals surface area contributed by atoms with Gasteiger partial charge in [-0.1, -0.05) is 0 Å². The zero-order chi connectivity index (χ0) is 10.7. The Morgan fingerprint density at radius 3 is 3.07 bits per heavy atom. The molecule has 1 unspecified atom stereocenters. The van der Waals surface area contributed by atoms with Crippen molar-refractivity contribution >= 4 is 5.69 Å². The van der Waals surface area contributed by atoms with E-state index in [0.717, 1.165) is 19.5 Å². The Balaban J connectivity index is 1.92. The van der Waals surface area contributed by atoms with Crippen molar-refractivity contribution in [2.24, 2.45) is 5.92 Å². The van der Waals surface area contributed by atoms with Crippen LogP contribution in [-0.2, 0) is 0 Å². The predicted molar refractivity (Wildman–Crippen MR) is 57.3 cm³/mol. The third-order valence-corrected chi connectivity index (χ3v) is 2.59. The summed E-state index contributed by atoms with van der Waals surface area (Å²) in [6, 6.07) is 4.50. The fourth-order valence-electron chi connectivity index (χ4n) is 1.70. The van der Waals surface area contributed by atoms with Gasteiger partial charge in [-0.15, -0.1) is 0 Å². The molecule has 1 fully saturated rings. The van der Waals surface area contributed by atoms with Crippen molar-refractivity contribution in [2.75, 3.05) is 25.4 Å². The molecular formula is C11H15FN2O. The molecule has 2 rings (SSSR count). The van der Waals surface area contributed by atoms with Crippen LogP contribution in [0.1, 0.15) is 6.42 Å². The van der Waals surface area contributed by atoms with Gasteiger partial charge in [0, 0.05) is 24.2 Å². The van der Waals surface area contributed by atoms with Gasteiger partial charge in [-0.2, -0.15) is 0 Å². The number of benzene rings is 1. The predicted octanol–water partition coefficient (Wildman–Crippen LogP) is 1.40. The van der Waals surface area contributed by atoms with Gasteiger partial charge >= 0.3 is 0 Å². The lowest BCUT2D eigenvalue weighted by Gasteiger charge is -2.11. The van der Waals surface area contributed by atoms with Crippen molar-refractivity contribution in [3.63, 3.8) is 0 Å². The van der Waals surface area contributed by atoms with Gasteiger partial charge < -0.3 is 15.8 Å². The van der Waals surface area contributed by atoms with Crippen LogP contribution >= 0.6 is 0 Å². The van der Waals surface area contributed by atoms with Crippen molar-refractivity contribution in [3.8, 4) is 5.75 Å². The molecule has 4 heteroatoms. The third kappa shape index (κ3) is 2.59. The van der Waals surface area contributed by atoms with Crippen LogP contribution in [0.4, 0.5) is 10.1 Å². The first-order valence-corrected chi connectivity index (χ1v) is 5.14. The molecule has 0 saturated carbocycles. The SMILES string of the molecule is Nc1ccc(OCC2CCNC2)c(F)c1. The Morgan fingerprint density at radius 1 is 1.53 bits per heavy atom. The minimum absolute atomic E-state index is 0.288. The highest BCUT2D eigenvalue weighted by molar-refractivity contribution is 5.42. The maximum atomic E-state index is 13.3. The van der Waals surface area contributed by atoms with Crippen molar-refractivity contribution < 1.29 is 9.13 Å². The molecular weight excluding hydrogens is 195 g/mol. The van der Waals surface area contributed by atoms with Gasteiger partial charge in [-0.3, -0.25) is 0 Å². The average Bonchev–Trinajstić information content (AvgIpc) is 2.69. The van der Waals surface area contributed by atoms with Crippen LogP contribution in [0.2, 0.25) is 0 Å². The van der Waals surface area contributed by atoms with E-state index in [0.29, 0.717) is 18.2 Å². The van der Waals surface area contributed by atoms with Crippen LogP contribution in [-0.4, -0.2) is 19.7 Å². The second-order valence-corrected chi connectivity index (χ2v) is 3.86. The van der Waals surface area contributed by atoms with Gasteiger partial charge in [0.1, 0.15) is 0 Å². The first-order valence-electron chi connectivity index (χ1n) is 5.14. The van der Waals surface area contributed by atoms with Gasteiger partial charge in [0.05, 0.1) is 6.61 Å². The molecule has 0 radical (unpaired) electrons. The summed E-state index contributed by atoms with van der Waals surface area (Å²) >= 11 is 0. The molecule has 3 nitrogen and oxygen atoms in total. The normalized spacial score (nSPS) is 20.5. The molecule has 1 heterocycles. The summed E-state index contributed by atoms with van der Waals surface area (Å²) in [6.45, 7) is 2.54. The average molecular weight is 210 g/mol. The van der Waals surface area contributed by atoms with E-state index < -0.39 is 0 Å². The molecule has 1 atom stereocenters. The molecule has 1 aromatic rings. The number of nitrogens with one attached hydrogen (secondary N) is 1. The highest BCUT2D eigenvalue weighted by Crippen LogP contribution is 2.20. The minimum atomic E-state index is -0.388. The quantitative estimate of drug-likeness (QED) is 0.741. The van der Waals surface area contributed by atoms with E-state index >= 15 is 0 Å². The van der Waals surface area contributed by atoms with Crippen molar-refractivity contribution in [3.05, 3.63) is 24.0 Å². The lowest BCUT2D eigenvalue weighted by molar-refractivity contribution is 0.249. The van der Waals surface area contributed by atoms with Crippen molar-refractivity contribution in [2.45, 2.75) is 6.42 Å². The number of nitrogen functional groups attached to an aromatic ring is 1. The molecule has 0 aromatic heterocycles. The monoisotopic (exact) mass is 210 g/mol. The van der Waals surface area contributed by atoms with Gasteiger partial charge in [0.25, 0.3) is 0 Å². The maximum absolute atomic E-state index is 13.3. The highest BCUT2D eigenvalue weighted by Gasteiger charge is 2.15. The van der Waals surface area contributed by atoms with Crippen LogP contribution < -0.4 is 15.8 Å². The van der Waals surface area contributed by atoms with Gasteiger partial charge in [0.2, 0.25) is 0 Å². The number of ether oxygens (including phenoxy) is 1. The maximum Gasteiger partial charge on any atom is 0.167 e. The zero-order valence-corrected chi connectivity index (χ0v) is 8.50. The molecule has 0 bridgehead atoms. The number of halogens is 1. The number of nitrogens with two attached hydrogens (primary N) is 1. The van der Waals surface area contributed by atoms with Crippen LogP contribution in [0.3, 0.4) is 0 Å². The molecule has 82 valence electrons. The molecule has 0 spiro atoms. The Kier molecular flexibility index (Phi) is 3.06. The third-order valence-electron chi connectivity index (χ3n) is 2.59. The smallest absolute Gasteiger partial charge is 0.167 e. The summed E-state index contributed by atoms with van der Waals surface area (Å²) in [7, 11) is 0. The van der Waals surface area contributed by atoms with Crippen LogP contribution in [0.15, 0.2) is 18.2 Å². The molecule has 0 aliphatic carbocycles. The Bertz CT molecular complexity index is 337. The van der Waals surface area contributed by atoms with E-state index in [1.54, 1.807) is 12.1 Å². The van der Waals surface area contributed by atoms with Gasteiger partial charge in [0.15, 0.2) is 11.6 Å². The number of anilines is 1. The van der Waals surface area contributed by atoms with E-state index in [1.807, 2.05) is 0 Å². The van der Waals surface area contributed by atoms with E-state index in [2.05, 4.69) is 5.32 Å². The van der Waals surface area contributed by atoms with Crippen molar-refractivity contribution in [1.29, 1.82) is 0 Å². The molecule has 3 N–H and O–H groups in total. The zero-order valence-electron chi connectivity index (χ0n) is 8.50. The van der Waals surface area contributed by atoms with E-state index in [-0.39, 0.29) is 11.6 Å². The summed E-state index contributed by atoms with van der Waals surface area (Å²) in [5, 5.41) is 3.24. The summed E-state index contributed by atoms with van der Waals surface area (Å²) < 4.78 is 18.7. The highest BCUT2D eigenvalue weighted by atomic mass is 19.1. The van der Waals surface area contributed by atoms with E-state index in [1.165, 1.54) is 6.07 Å². The Hall–Kier alpha value is -1.29. The van der Waals surface area contributed by atoms with Crippen LogP contribution in [0, 0.1) is 11.7 Å². The first-order chi connectivity index (χ1) is 7.25. The van der Waals surface area contributed by atoms with Crippen molar-refractivity contribution in [1.82, 2.24) is 5.32 Å². The number of rotatable bonds is 3. The molecule has 1 aromatic carbocycles. The molecule has 1 aliphatic heterocycles. The lowest BCUT2D eigenvalue weighted by atomic mass is 10.1. The molecule has 15 heavy (non-hydrogen) atoms. The van der Waals surface area contributed by atoms with Gasteiger partial charge in [-0.25, -0.2) is 4.39 Å². The molecule has 0 amide bonds. The molecule has 1 saturated heterocycles. The van der Waals surface area contributed by atoms with Crippen LogP contribution in [0.25, 0.3) is 0 Å². The first kappa shape index (κ1) is 10.2. The van der Waals surface area contributed by atoms with E-state index in [9.17, 15) is 4.39 Å². The fourth-order valence-corrected chi connectivity index (χ4v) is 1.70. The van der Waals surface area contributed by atoms with Gasteiger partial charge in [-0.05, 0) is 25.1 Å². The molecule has 1 aliphatic rings. The standard InChI is InChI=1S/C11H15FN2O/c12-10-5-9(13)1-2-11(10)15-7-8-3-4-14-6-8/h1-2,5,8,14H,3-4,6-7,13H2. The lowest BCUT2D eigenvalue weighted by Crippen LogP contribution is -2.15. The largest absolute Gasteiger partial charge is 0.490 e. The number of hydrogen-bond acceptors (Lipinski definition) is 3. The Labute approximate surface area is 88.4 Å². The summed E-state index contributed by atoms with van der Waals surface area (Å²) in [4.78, 5) is 0. The summed E-state index contributed by atoms with van der Waals surface area (Å²) in [5.74, 6) is 0.388. The fraction of sp³-hybridized carbons (Fsp3) is 0.455. The topological polar surface area (TPSA) is 47.3 Å². The minimum Gasteiger partial charge on any atom is -0.490 e. The summed E-state index contributed by atoms with van der Waals surface area (Å²) in [6.07, 6.45) is 1.09. The second-order valence-electron chi connectivity index (χ2n) is 3.86. The summed E-state index contributed by atoms with van der Waals surface area (Å²) in [5.41, 5.74) is 5.86. The Morgan fingerprint density at radius 2 is 2.40 bits per heavy atom. The number of hydrogen-bond donors (Lipinski definition) is 2. The van der Waals surface area contributed by atoms with E-state index in [4.69, 9.17) is 10.5 Å². The van der Waals surface area contributed by atoms with Crippen LogP contribution in [0.5, 0.6) is 5.75 Å². The second kappa shape index (κ2) is 4.49.